The number of anilines is 1. The summed E-state index contributed by atoms with van der Waals surface area (Å²) in [7, 11) is 0. The van der Waals surface area contributed by atoms with Crippen LogP contribution in [0.1, 0.15) is 12.0 Å². The summed E-state index contributed by atoms with van der Waals surface area (Å²) in [5.74, 6) is -4.00. The molecule has 1 aliphatic rings. The number of amides is 1. The summed E-state index contributed by atoms with van der Waals surface area (Å²) < 4.78 is 51.3. The molecule has 0 saturated carbocycles. The second kappa shape index (κ2) is 4.77. The number of nitrogens with zero attached hydrogens (tertiary/aromatic N) is 1. The van der Waals surface area contributed by atoms with E-state index in [9.17, 15) is 27.2 Å². The molecule has 0 spiro atoms. The Labute approximate surface area is 110 Å². The molecule has 1 heterocycles. The van der Waals surface area contributed by atoms with E-state index in [1.165, 1.54) is 0 Å². The summed E-state index contributed by atoms with van der Waals surface area (Å²) >= 11 is 0. The molecule has 1 saturated heterocycles. The van der Waals surface area contributed by atoms with Crippen molar-refractivity contribution >= 4 is 17.6 Å². The van der Waals surface area contributed by atoms with Crippen LogP contribution in [0.25, 0.3) is 0 Å². The van der Waals surface area contributed by atoms with Crippen molar-refractivity contribution < 1.29 is 32.3 Å². The minimum absolute atomic E-state index is 0.341. The smallest absolute Gasteiger partial charge is 0.416 e. The number of carboxylic acids is 1. The number of aliphatic carboxylic acids is 1. The Morgan fingerprint density at radius 3 is 2.50 bits per heavy atom. The topological polar surface area (TPSA) is 57.6 Å². The van der Waals surface area contributed by atoms with Gasteiger partial charge in [-0.15, -0.1) is 0 Å². The van der Waals surface area contributed by atoms with Gasteiger partial charge in [-0.3, -0.25) is 9.59 Å². The largest absolute Gasteiger partial charge is 0.481 e. The number of carbonyl (C=O) groups excluding carboxylic acids is 1. The van der Waals surface area contributed by atoms with E-state index >= 15 is 0 Å². The molecule has 4 nitrogen and oxygen atoms in total. The average Bonchev–Trinajstić information content (AvgIpc) is 2.70. The molecule has 1 unspecified atom stereocenters. The first-order chi connectivity index (χ1) is 9.20. The predicted octanol–water partition coefficient (Wildman–Crippen LogP) is 2.28. The van der Waals surface area contributed by atoms with E-state index in [0.29, 0.717) is 18.2 Å². The van der Waals surface area contributed by atoms with Crippen molar-refractivity contribution in [2.24, 2.45) is 5.92 Å². The lowest BCUT2D eigenvalue weighted by Gasteiger charge is -2.18. The van der Waals surface area contributed by atoms with E-state index in [4.69, 9.17) is 5.11 Å². The number of alkyl halides is 3. The molecular formula is C12H9F4NO3. The molecule has 0 radical (unpaired) electrons. The quantitative estimate of drug-likeness (QED) is 0.850. The van der Waals surface area contributed by atoms with Gasteiger partial charge in [-0.1, -0.05) is 0 Å². The molecule has 1 amide bonds. The summed E-state index contributed by atoms with van der Waals surface area (Å²) in [6.45, 7) is -0.341. The minimum Gasteiger partial charge on any atom is -0.481 e. The zero-order valence-electron chi connectivity index (χ0n) is 9.95. The highest BCUT2D eigenvalue weighted by Gasteiger charge is 2.38. The minimum atomic E-state index is -4.67. The van der Waals surface area contributed by atoms with Crippen LogP contribution in [0.3, 0.4) is 0 Å². The van der Waals surface area contributed by atoms with Gasteiger partial charge in [-0.05, 0) is 18.2 Å². The Hall–Kier alpha value is -2.12. The third-order valence-corrected chi connectivity index (χ3v) is 3.04. The van der Waals surface area contributed by atoms with Gasteiger partial charge in [-0.25, -0.2) is 4.39 Å². The SMILES string of the molecule is O=C(O)C1CC(=O)N(c2cc(C(F)(F)F)ccc2F)C1. The first kappa shape index (κ1) is 14.3. The Morgan fingerprint density at radius 1 is 1.35 bits per heavy atom. The highest BCUT2D eigenvalue weighted by atomic mass is 19.4. The second-order valence-electron chi connectivity index (χ2n) is 4.41. The van der Waals surface area contributed by atoms with Gasteiger partial charge < -0.3 is 10.0 Å². The average molecular weight is 291 g/mol. The lowest BCUT2D eigenvalue weighted by Crippen LogP contribution is -2.27. The first-order valence-electron chi connectivity index (χ1n) is 5.60. The van der Waals surface area contributed by atoms with Crippen molar-refractivity contribution in [3.05, 3.63) is 29.6 Å². The fraction of sp³-hybridized carbons (Fsp3) is 0.333. The van der Waals surface area contributed by atoms with E-state index in [1.54, 1.807) is 0 Å². The van der Waals surface area contributed by atoms with Crippen molar-refractivity contribution in [1.29, 1.82) is 0 Å². The van der Waals surface area contributed by atoms with E-state index in [-0.39, 0.29) is 13.0 Å². The molecule has 2 rings (SSSR count). The Morgan fingerprint density at radius 2 is 2.00 bits per heavy atom. The maximum absolute atomic E-state index is 13.6. The molecule has 108 valence electrons. The van der Waals surface area contributed by atoms with Gasteiger partial charge in [0.05, 0.1) is 17.2 Å². The molecule has 20 heavy (non-hydrogen) atoms. The van der Waals surface area contributed by atoms with Crippen LogP contribution < -0.4 is 4.90 Å². The van der Waals surface area contributed by atoms with Crippen LogP contribution >= 0.6 is 0 Å². The fourth-order valence-corrected chi connectivity index (χ4v) is 2.00. The highest BCUT2D eigenvalue weighted by molar-refractivity contribution is 5.99. The zero-order chi connectivity index (χ0) is 15.1. The van der Waals surface area contributed by atoms with Crippen LogP contribution in [-0.4, -0.2) is 23.5 Å². The molecule has 1 atom stereocenters. The van der Waals surface area contributed by atoms with Gasteiger partial charge >= 0.3 is 12.1 Å². The van der Waals surface area contributed by atoms with E-state index < -0.39 is 41.0 Å². The lowest BCUT2D eigenvalue weighted by atomic mass is 10.1. The second-order valence-corrected chi connectivity index (χ2v) is 4.41. The highest BCUT2D eigenvalue weighted by Crippen LogP contribution is 2.35. The van der Waals surface area contributed by atoms with E-state index in [1.807, 2.05) is 0 Å². The van der Waals surface area contributed by atoms with E-state index in [0.717, 1.165) is 4.90 Å². The van der Waals surface area contributed by atoms with Gasteiger partial charge in [0, 0.05) is 13.0 Å². The number of hydrogen-bond donors (Lipinski definition) is 1. The molecular weight excluding hydrogens is 282 g/mol. The summed E-state index contributed by atoms with van der Waals surface area (Å²) in [5.41, 5.74) is -1.64. The van der Waals surface area contributed by atoms with Crippen molar-refractivity contribution in [1.82, 2.24) is 0 Å². The van der Waals surface area contributed by atoms with Crippen LogP contribution in [0.2, 0.25) is 0 Å². The van der Waals surface area contributed by atoms with Gasteiger partial charge in [-0.2, -0.15) is 13.2 Å². The Kier molecular flexibility index (Phi) is 3.41. The number of benzene rings is 1. The normalized spacial score (nSPS) is 19.5. The lowest BCUT2D eigenvalue weighted by molar-refractivity contribution is -0.141. The zero-order valence-corrected chi connectivity index (χ0v) is 9.95. The number of carbonyl (C=O) groups is 2. The van der Waals surface area contributed by atoms with Crippen LogP contribution in [0.4, 0.5) is 23.2 Å². The molecule has 1 aromatic carbocycles. The number of hydrogen-bond acceptors (Lipinski definition) is 2. The van der Waals surface area contributed by atoms with Crippen LogP contribution in [0.5, 0.6) is 0 Å². The summed E-state index contributed by atoms with van der Waals surface area (Å²) in [5, 5.41) is 8.80. The number of carboxylic acid groups (broad SMARTS) is 1. The third-order valence-electron chi connectivity index (χ3n) is 3.04. The molecule has 1 aliphatic heterocycles. The van der Waals surface area contributed by atoms with Gasteiger partial charge in [0.1, 0.15) is 5.82 Å². The van der Waals surface area contributed by atoms with Gasteiger partial charge in [0.2, 0.25) is 5.91 Å². The number of halogens is 4. The standard InChI is InChI=1S/C12H9F4NO3/c13-8-2-1-7(12(14,15)16)4-9(8)17-5-6(11(19)20)3-10(17)18/h1-2,4,6H,3,5H2,(H,19,20). The van der Waals surface area contributed by atoms with Crippen molar-refractivity contribution in [2.75, 3.05) is 11.4 Å². The molecule has 1 fully saturated rings. The molecule has 0 aliphatic carbocycles. The molecule has 0 aromatic heterocycles. The fourth-order valence-electron chi connectivity index (χ4n) is 2.00. The Bertz CT molecular complexity index is 570. The maximum Gasteiger partial charge on any atom is 0.416 e. The Balaban J connectivity index is 2.38. The van der Waals surface area contributed by atoms with Gasteiger partial charge in [0.15, 0.2) is 0 Å². The third kappa shape index (κ3) is 2.59. The molecule has 0 bridgehead atoms. The predicted molar refractivity (Wildman–Crippen MR) is 59.5 cm³/mol. The molecule has 1 N–H and O–H groups in total. The van der Waals surface area contributed by atoms with Gasteiger partial charge in [0.25, 0.3) is 0 Å². The van der Waals surface area contributed by atoms with Crippen molar-refractivity contribution in [3.63, 3.8) is 0 Å². The van der Waals surface area contributed by atoms with E-state index in [2.05, 4.69) is 0 Å². The number of rotatable bonds is 2. The summed E-state index contributed by atoms with van der Waals surface area (Å²) in [6, 6.07) is 1.69. The summed E-state index contributed by atoms with van der Waals surface area (Å²) in [4.78, 5) is 23.1. The van der Waals surface area contributed by atoms with Crippen LogP contribution in [0.15, 0.2) is 18.2 Å². The maximum atomic E-state index is 13.6. The van der Waals surface area contributed by atoms with Crippen molar-refractivity contribution in [3.8, 4) is 0 Å². The first-order valence-corrected chi connectivity index (χ1v) is 5.60. The van der Waals surface area contributed by atoms with Crippen molar-refractivity contribution in [2.45, 2.75) is 12.6 Å². The molecule has 8 heteroatoms. The van der Waals surface area contributed by atoms with Crippen LogP contribution in [0, 0.1) is 11.7 Å². The van der Waals surface area contributed by atoms with Crippen LogP contribution in [-0.2, 0) is 15.8 Å². The molecule has 1 aromatic rings. The summed E-state index contributed by atoms with van der Waals surface area (Å²) in [6.07, 6.45) is -5.03. The monoisotopic (exact) mass is 291 g/mol.